The number of nitrogens with zero attached hydrogens (tertiary/aromatic N) is 2. The molecule has 1 aromatic rings. The normalized spacial score (nSPS) is 9.55. The molecule has 0 fully saturated rings. The summed E-state index contributed by atoms with van der Waals surface area (Å²) in [6, 6.07) is 5.88. The Labute approximate surface area is 233 Å². The number of esters is 1. The zero-order valence-electron chi connectivity index (χ0n) is 16.6. The Morgan fingerprint density at radius 1 is 0.697 bits per heavy atom. The number of phenolic OH excluding ortho intramolecular Hbond substituents is 1. The molecule has 13 nitrogen and oxygen atoms in total. The number of phenols is 1. The molecule has 15 heteroatoms. The summed E-state index contributed by atoms with van der Waals surface area (Å²) in [6.45, 7) is -2.25. The molecule has 0 aliphatic heterocycles. The van der Waals surface area contributed by atoms with Gasteiger partial charge in [-0.05, 0) is 24.3 Å². The predicted octanol–water partition coefficient (Wildman–Crippen LogP) is -2.19. The van der Waals surface area contributed by atoms with E-state index in [9.17, 15) is 24.0 Å². The molecule has 0 saturated carbocycles. The van der Waals surface area contributed by atoms with Gasteiger partial charge in [0.1, 0.15) is 5.75 Å². The predicted molar refractivity (Wildman–Crippen MR) is 117 cm³/mol. The van der Waals surface area contributed by atoms with Crippen molar-refractivity contribution < 1.29 is 54.2 Å². The standard InChI is InChI=1S/C10H16N2O8.C8H8O3.2Na.2H/c13-7(14)3-11(4-8(15)16)1-2-12(5-9(17)18)6-10(19)20;1-11-8(10)6-2-4-7(9)5-3-6;;;;/h1-6H2,(H,13,14)(H,15,16)(H,17,18)(H,19,20);2-5,9H,1H3;;;;. The van der Waals surface area contributed by atoms with E-state index >= 15 is 0 Å². The van der Waals surface area contributed by atoms with Crippen LogP contribution >= 0.6 is 0 Å². The number of carboxylic acid groups (broad SMARTS) is 4. The minimum absolute atomic E-state index is 0. The fourth-order valence-electron chi connectivity index (χ4n) is 2.19. The van der Waals surface area contributed by atoms with Crippen molar-refractivity contribution in [3.8, 4) is 5.75 Å². The summed E-state index contributed by atoms with van der Waals surface area (Å²) in [6.07, 6.45) is 0. The number of ether oxygens (including phenoxy) is 1. The quantitative estimate of drug-likeness (QED) is 0.156. The van der Waals surface area contributed by atoms with E-state index in [1.54, 1.807) is 0 Å². The average molecular weight is 492 g/mol. The molecule has 0 heterocycles. The van der Waals surface area contributed by atoms with Crippen LogP contribution in [0.5, 0.6) is 5.75 Å². The molecule has 1 aromatic carbocycles. The van der Waals surface area contributed by atoms with Gasteiger partial charge in [-0.15, -0.1) is 0 Å². The van der Waals surface area contributed by atoms with Crippen molar-refractivity contribution in [2.75, 3.05) is 46.4 Å². The molecule has 176 valence electrons. The van der Waals surface area contributed by atoms with E-state index in [0.29, 0.717) is 5.56 Å². The Bertz CT molecular complexity index is 707. The van der Waals surface area contributed by atoms with E-state index in [-0.39, 0.29) is 78.0 Å². The molecular formula is C18H26N2Na2O11. The van der Waals surface area contributed by atoms with E-state index in [2.05, 4.69) is 4.74 Å². The van der Waals surface area contributed by atoms with E-state index in [1.165, 1.54) is 31.4 Å². The van der Waals surface area contributed by atoms with Crippen molar-refractivity contribution in [1.29, 1.82) is 0 Å². The summed E-state index contributed by atoms with van der Waals surface area (Å²) < 4.78 is 4.46. The van der Waals surface area contributed by atoms with Gasteiger partial charge < -0.3 is 30.3 Å². The molecule has 0 unspecified atom stereocenters. The Morgan fingerprint density at radius 3 is 1.24 bits per heavy atom. The van der Waals surface area contributed by atoms with E-state index in [1.807, 2.05) is 0 Å². The third-order valence-electron chi connectivity index (χ3n) is 3.46. The molecule has 0 aliphatic rings. The van der Waals surface area contributed by atoms with Gasteiger partial charge in [-0.1, -0.05) is 0 Å². The number of benzene rings is 1. The molecule has 0 spiro atoms. The van der Waals surface area contributed by atoms with Crippen molar-refractivity contribution in [1.82, 2.24) is 9.80 Å². The molecule has 0 bridgehead atoms. The van der Waals surface area contributed by atoms with Crippen molar-refractivity contribution in [2.45, 2.75) is 0 Å². The van der Waals surface area contributed by atoms with Crippen LogP contribution in [0.1, 0.15) is 10.4 Å². The number of hydrogen-bond acceptors (Lipinski definition) is 9. The Balaban J connectivity index is -0.000000588. The van der Waals surface area contributed by atoms with Gasteiger partial charge in [-0.25, -0.2) is 4.79 Å². The second kappa shape index (κ2) is 19.7. The Hall–Kier alpha value is -1.71. The number of hydrogen-bond donors (Lipinski definition) is 5. The topological polar surface area (TPSA) is 202 Å². The van der Waals surface area contributed by atoms with Gasteiger partial charge in [-0.2, -0.15) is 0 Å². The summed E-state index contributed by atoms with van der Waals surface area (Å²) in [5.41, 5.74) is 0.435. The maximum absolute atomic E-state index is 10.8. The van der Waals surface area contributed by atoms with Gasteiger partial charge in [0.05, 0.1) is 38.9 Å². The fraction of sp³-hybridized carbons (Fsp3) is 0.389. The van der Waals surface area contributed by atoms with Crippen LogP contribution in [0.25, 0.3) is 0 Å². The third kappa shape index (κ3) is 19.5. The third-order valence-corrected chi connectivity index (χ3v) is 3.46. The molecule has 0 aliphatic carbocycles. The van der Waals surface area contributed by atoms with Crippen molar-refractivity contribution >= 4 is 89.0 Å². The van der Waals surface area contributed by atoms with E-state index in [4.69, 9.17) is 25.5 Å². The molecule has 0 aromatic heterocycles. The zero-order valence-corrected chi connectivity index (χ0v) is 16.6. The fourth-order valence-corrected chi connectivity index (χ4v) is 2.19. The zero-order chi connectivity index (χ0) is 24.0. The monoisotopic (exact) mass is 492 g/mol. The van der Waals surface area contributed by atoms with Gasteiger partial charge in [0.25, 0.3) is 0 Å². The minimum atomic E-state index is -1.23. The van der Waals surface area contributed by atoms with Crippen LogP contribution in [0.2, 0.25) is 0 Å². The van der Waals surface area contributed by atoms with Crippen LogP contribution in [0, 0.1) is 0 Å². The van der Waals surface area contributed by atoms with Crippen LogP contribution in [0.3, 0.4) is 0 Å². The molecular weight excluding hydrogens is 466 g/mol. The average Bonchev–Trinajstić information content (AvgIpc) is 2.64. The second-order valence-electron chi connectivity index (χ2n) is 6.03. The summed E-state index contributed by atoms with van der Waals surface area (Å²) in [4.78, 5) is 55.2. The number of aromatic hydroxyl groups is 1. The maximum atomic E-state index is 10.8. The summed E-state index contributed by atoms with van der Waals surface area (Å²) in [5.74, 6) is -5.17. The van der Waals surface area contributed by atoms with Gasteiger partial charge in [-0.3, -0.25) is 29.0 Å². The van der Waals surface area contributed by atoms with Gasteiger partial charge in [0.2, 0.25) is 0 Å². The first-order valence-electron chi connectivity index (χ1n) is 8.63. The molecule has 0 radical (unpaired) electrons. The summed E-state index contributed by atoms with van der Waals surface area (Å²) >= 11 is 0. The van der Waals surface area contributed by atoms with Crippen molar-refractivity contribution in [2.24, 2.45) is 0 Å². The Kier molecular flexibility index (Phi) is 21.4. The number of carbonyl (C=O) groups is 5. The van der Waals surface area contributed by atoms with Crippen molar-refractivity contribution in [3.63, 3.8) is 0 Å². The molecule has 0 atom stereocenters. The summed E-state index contributed by atoms with van der Waals surface area (Å²) in [7, 11) is 1.31. The van der Waals surface area contributed by atoms with Gasteiger partial charge in [0, 0.05) is 13.1 Å². The number of carboxylic acids is 4. The first-order chi connectivity index (χ1) is 14.4. The van der Waals surface area contributed by atoms with Crippen LogP contribution in [0.15, 0.2) is 24.3 Å². The molecule has 5 N–H and O–H groups in total. The number of carbonyl (C=O) groups excluding carboxylic acids is 1. The SMILES string of the molecule is COC(=O)c1ccc(O)cc1.O=C(O)CN(CCN(CC(=O)O)CC(=O)O)CC(=O)O.[NaH].[NaH]. The van der Waals surface area contributed by atoms with Crippen LogP contribution < -0.4 is 0 Å². The molecule has 33 heavy (non-hydrogen) atoms. The van der Waals surface area contributed by atoms with Gasteiger partial charge >= 0.3 is 89.0 Å². The van der Waals surface area contributed by atoms with Crippen LogP contribution in [0.4, 0.5) is 0 Å². The molecule has 0 saturated heterocycles. The molecule has 0 amide bonds. The Morgan fingerprint density at radius 2 is 1.00 bits per heavy atom. The second-order valence-corrected chi connectivity index (χ2v) is 6.03. The van der Waals surface area contributed by atoms with E-state index < -0.39 is 56.0 Å². The van der Waals surface area contributed by atoms with Gasteiger partial charge in [0.15, 0.2) is 0 Å². The van der Waals surface area contributed by atoms with Crippen molar-refractivity contribution in [3.05, 3.63) is 29.8 Å². The van der Waals surface area contributed by atoms with E-state index in [0.717, 1.165) is 9.80 Å². The number of methoxy groups -OCH3 is 1. The summed E-state index contributed by atoms with van der Waals surface area (Å²) in [5, 5.41) is 43.3. The first-order valence-corrected chi connectivity index (χ1v) is 8.63. The van der Waals surface area contributed by atoms with Crippen LogP contribution in [-0.2, 0) is 23.9 Å². The number of aliphatic carboxylic acids is 4. The first kappa shape index (κ1) is 35.9. The van der Waals surface area contributed by atoms with Crippen LogP contribution in [-0.4, -0.2) is 171 Å². The molecule has 1 rings (SSSR count). The number of rotatable bonds is 12.